The Bertz CT molecular complexity index is 405. The normalized spacial score (nSPS) is 20.1. The number of anilines is 1. The summed E-state index contributed by atoms with van der Waals surface area (Å²) in [6.45, 7) is 6.82. The minimum absolute atomic E-state index is 0.672. The fourth-order valence-electron chi connectivity index (χ4n) is 2.39. The summed E-state index contributed by atoms with van der Waals surface area (Å²) in [5.41, 5.74) is 0. The van der Waals surface area contributed by atoms with E-state index in [1.165, 1.54) is 25.7 Å². The number of thioether (sulfide) groups is 1. The number of hydrogen-bond acceptors (Lipinski definition) is 4. The molecule has 0 unspecified atom stereocenters. The van der Waals surface area contributed by atoms with Crippen molar-refractivity contribution in [3.05, 3.63) is 0 Å². The first kappa shape index (κ1) is 12.3. The maximum Gasteiger partial charge on any atom is 0.228 e. The third-order valence-electron chi connectivity index (χ3n) is 3.49. The smallest absolute Gasteiger partial charge is 0.228 e. The van der Waals surface area contributed by atoms with E-state index in [0.29, 0.717) is 12.0 Å². The topological polar surface area (TPSA) is 34.0 Å². The van der Waals surface area contributed by atoms with Gasteiger partial charge in [0.1, 0.15) is 0 Å². The highest BCUT2D eigenvalue weighted by Crippen LogP contribution is 2.41. The van der Waals surface area contributed by atoms with E-state index in [0.717, 1.165) is 29.9 Å². The van der Waals surface area contributed by atoms with Crippen molar-refractivity contribution in [2.24, 2.45) is 5.92 Å². The van der Waals surface area contributed by atoms with Crippen LogP contribution in [0.4, 0.5) is 5.95 Å². The van der Waals surface area contributed by atoms with Crippen LogP contribution in [-0.4, -0.2) is 33.6 Å². The number of nitrogens with zero attached hydrogens (tertiary/aromatic N) is 4. The Labute approximate surface area is 113 Å². The lowest BCUT2D eigenvalue weighted by Crippen LogP contribution is -2.22. The van der Waals surface area contributed by atoms with Crippen molar-refractivity contribution in [1.29, 1.82) is 0 Å². The molecule has 1 aliphatic carbocycles. The van der Waals surface area contributed by atoms with Gasteiger partial charge < -0.3 is 4.90 Å². The van der Waals surface area contributed by atoms with E-state index in [4.69, 9.17) is 0 Å². The minimum Gasteiger partial charge on any atom is -0.341 e. The molecule has 0 radical (unpaired) electrons. The molecule has 2 aliphatic rings. The SMILES string of the molecule is CC(C)CSc1nnc(N2CCCC2)n1C1CC1. The van der Waals surface area contributed by atoms with Crippen molar-refractivity contribution in [1.82, 2.24) is 14.8 Å². The van der Waals surface area contributed by atoms with E-state index < -0.39 is 0 Å². The Hall–Kier alpha value is -0.710. The van der Waals surface area contributed by atoms with E-state index >= 15 is 0 Å². The van der Waals surface area contributed by atoms with Gasteiger partial charge in [-0.1, -0.05) is 25.6 Å². The van der Waals surface area contributed by atoms with Crippen LogP contribution in [-0.2, 0) is 0 Å². The van der Waals surface area contributed by atoms with Gasteiger partial charge in [-0.2, -0.15) is 0 Å². The Morgan fingerprint density at radius 3 is 2.56 bits per heavy atom. The van der Waals surface area contributed by atoms with Crippen LogP contribution in [0.5, 0.6) is 0 Å². The maximum absolute atomic E-state index is 4.46. The summed E-state index contributed by atoms with van der Waals surface area (Å²) in [4.78, 5) is 2.41. The highest BCUT2D eigenvalue weighted by molar-refractivity contribution is 7.99. The predicted octanol–water partition coefficient (Wildman–Crippen LogP) is 2.96. The van der Waals surface area contributed by atoms with Gasteiger partial charge >= 0.3 is 0 Å². The van der Waals surface area contributed by atoms with E-state index in [1.54, 1.807) is 0 Å². The first-order valence-corrected chi connectivity index (χ1v) is 8.07. The van der Waals surface area contributed by atoms with Crippen LogP contribution < -0.4 is 4.90 Å². The Morgan fingerprint density at radius 2 is 1.94 bits per heavy atom. The fraction of sp³-hybridized carbons (Fsp3) is 0.846. The van der Waals surface area contributed by atoms with Crippen molar-refractivity contribution in [2.75, 3.05) is 23.7 Å². The molecule has 0 bridgehead atoms. The molecule has 0 atom stereocenters. The molecule has 1 aliphatic heterocycles. The lowest BCUT2D eigenvalue weighted by Gasteiger charge is -2.18. The van der Waals surface area contributed by atoms with Crippen LogP contribution in [0.1, 0.15) is 45.6 Å². The van der Waals surface area contributed by atoms with E-state index in [2.05, 4.69) is 33.5 Å². The zero-order valence-electron chi connectivity index (χ0n) is 11.3. The van der Waals surface area contributed by atoms with Crippen molar-refractivity contribution < 1.29 is 0 Å². The number of rotatable bonds is 5. The highest BCUT2D eigenvalue weighted by Gasteiger charge is 2.32. The Morgan fingerprint density at radius 1 is 1.22 bits per heavy atom. The quantitative estimate of drug-likeness (QED) is 0.767. The van der Waals surface area contributed by atoms with Gasteiger partial charge in [0, 0.05) is 24.9 Å². The van der Waals surface area contributed by atoms with Gasteiger partial charge in [0.05, 0.1) is 0 Å². The van der Waals surface area contributed by atoms with E-state index in [-0.39, 0.29) is 0 Å². The molecule has 1 saturated carbocycles. The first-order chi connectivity index (χ1) is 8.75. The third kappa shape index (κ3) is 2.51. The zero-order chi connectivity index (χ0) is 12.5. The summed E-state index contributed by atoms with van der Waals surface area (Å²) in [6, 6.07) is 0.672. The minimum atomic E-state index is 0.672. The van der Waals surface area contributed by atoms with E-state index in [9.17, 15) is 0 Å². The molecule has 1 aromatic rings. The van der Waals surface area contributed by atoms with Crippen molar-refractivity contribution in [3.63, 3.8) is 0 Å². The molecule has 3 rings (SSSR count). The summed E-state index contributed by atoms with van der Waals surface area (Å²) < 4.78 is 2.40. The molecule has 4 nitrogen and oxygen atoms in total. The van der Waals surface area contributed by atoms with Crippen LogP contribution in [0.3, 0.4) is 0 Å². The van der Waals surface area contributed by atoms with Gasteiger partial charge in [-0.3, -0.25) is 4.57 Å². The summed E-state index contributed by atoms with van der Waals surface area (Å²) >= 11 is 1.87. The average Bonchev–Trinajstić information content (AvgIpc) is 2.90. The summed E-state index contributed by atoms with van der Waals surface area (Å²) in [6.07, 6.45) is 5.19. The van der Waals surface area contributed by atoms with Gasteiger partial charge in [0.2, 0.25) is 5.95 Å². The largest absolute Gasteiger partial charge is 0.341 e. The van der Waals surface area contributed by atoms with E-state index in [1.807, 2.05) is 11.8 Å². The molecule has 2 heterocycles. The lowest BCUT2D eigenvalue weighted by atomic mass is 10.3. The van der Waals surface area contributed by atoms with Gasteiger partial charge in [0.25, 0.3) is 0 Å². The Kier molecular flexibility index (Phi) is 3.50. The molecule has 1 aromatic heterocycles. The van der Waals surface area contributed by atoms with Gasteiger partial charge in [-0.05, 0) is 31.6 Å². The zero-order valence-corrected chi connectivity index (χ0v) is 12.1. The summed E-state index contributed by atoms with van der Waals surface area (Å²) in [7, 11) is 0. The molecule has 5 heteroatoms. The summed E-state index contributed by atoms with van der Waals surface area (Å²) in [5.74, 6) is 2.96. The molecule has 0 amide bonds. The molecule has 2 fully saturated rings. The van der Waals surface area contributed by atoms with Crippen molar-refractivity contribution >= 4 is 17.7 Å². The highest BCUT2D eigenvalue weighted by atomic mass is 32.2. The lowest BCUT2D eigenvalue weighted by molar-refractivity contribution is 0.649. The molecule has 0 spiro atoms. The average molecular weight is 266 g/mol. The second-order valence-corrected chi connectivity index (χ2v) is 6.77. The molecule has 1 saturated heterocycles. The molecular weight excluding hydrogens is 244 g/mol. The number of hydrogen-bond donors (Lipinski definition) is 0. The molecule has 100 valence electrons. The molecule has 18 heavy (non-hydrogen) atoms. The monoisotopic (exact) mass is 266 g/mol. The van der Waals surface area contributed by atoms with Crippen LogP contribution in [0.15, 0.2) is 5.16 Å². The second kappa shape index (κ2) is 5.11. The van der Waals surface area contributed by atoms with Crippen molar-refractivity contribution in [3.8, 4) is 0 Å². The van der Waals surface area contributed by atoms with Crippen LogP contribution >= 0.6 is 11.8 Å². The van der Waals surface area contributed by atoms with Gasteiger partial charge in [-0.25, -0.2) is 0 Å². The van der Waals surface area contributed by atoms with Crippen LogP contribution in [0, 0.1) is 5.92 Å². The predicted molar refractivity (Wildman–Crippen MR) is 75.3 cm³/mol. The number of aromatic nitrogens is 3. The second-order valence-electron chi connectivity index (χ2n) is 5.78. The third-order valence-corrected chi connectivity index (χ3v) is 4.86. The summed E-state index contributed by atoms with van der Waals surface area (Å²) in [5, 5.41) is 10.0. The molecular formula is C13H22N4S. The maximum atomic E-state index is 4.46. The van der Waals surface area contributed by atoms with Crippen LogP contribution in [0.2, 0.25) is 0 Å². The standard InChI is InChI=1S/C13H22N4S/c1-10(2)9-18-13-15-14-12(16-7-3-4-8-16)17(13)11-5-6-11/h10-11H,3-9H2,1-2H3. The van der Waals surface area contributed by atoms with Crippen molar-refractivity contribution in [2.45, 2.75) is 50.7 Å². The van der Waals surface area contributed by atoms with Gasteiger partial charge in [0.15, 0.2) is 5.16 Å². The van der Waals surface area contributed by atoms with Gasteiger partial charge in [-0.15, -0.1) is 10.2 Å². The fourth-order valence-corrected chi connectivity index (χ4v) is 3.34. The van der Waals surface area contributed by atoms with Crippen LogP contribution in [0.25, 0.3) is 0 Å². The first-order valence-electron chi connectivity index (χ1n) is 7.08. The molecule has 0 aromatic carbocycles. The Balaban J connectivity index is 1.80. The molecule has 0 N–H and O–H groups in total.